The first-order valence-electron chi connectivity index (χ1n) is 7.20. The molecule has 3 N–H and O–H groups in total. The summed E-state index contributed by atoms with van der Waals surface area (Å²) in [4.78, 5) is 37.5. The number of nitrogens with one attached hydrogen (secondary N) is 1. The number of likely N-dealkylation sites (tertiary alicyclic amines) is 1. The molecule has 1 aliphatic rings. The zero-order valence-electron chi connectivity index (χ0n) is 13.1. The largest absolute Gasteiger partial charge is 0.366 e. The molecule has 0 bridgehead atoms. The van der Waals surface area contributed by atoms with Crippen molar-refractivity contribution in [1.29, 1.82) is 0 Å². The van der Waals surface area contributed by atoms with Gasteiger partial charge in [-0.3, -0.25) is 14.4 Å². The lowest BCUT2D eigenvalue weighted by molar-refractivity contribution is -0.131. The summed E-state index contributed by atoms with van der Waals surface area (Å²) in [6.45, 7) is 6.20. The maximum Gasteiger partial charge on any atom is 0.250 e. The van der Waals surface area contributed by atoms with Gasteiger partial charge in [0.25, 0.3) is 5.91 Å². The number of hydrogen-bond donors (Lipinski definition) is 2. The maximum atomic E-state index is 12.4. The third kappa shape index (κ3) is 3.27. The predicted molar refractivity (Wildman–Crippen MR) is 83.2 cm³/mol. The van der Waals surface area contributed by atoms with Gasteiger partial charge in [-0.2, -0.15) is 0 Å². The summed E-state index contributed by atoms with van der Waals surface area (Å²) in [5, 5.41) is 2.71. The molecule has 1 aliphatic heterocycles. The van der Waals surface area contributed by atoms with Gasteiger partial charge >= 0.3 is 0 Å². The van der Waals surface area contributed by atoms with Crippen molar-refractivity contribution < 1.29 is 14.4 Å². The summed E-state index contributed by atoms with van der Waals surface area (Å²) >= 11 is 0. The van der Waals surface area contributed by atoms with Gasteiger partial charge in [0, 0.05) is 18.5 Å². The summed E-state index contributed by atoms with van der Waals surface area (Å²) in [5.74, 6) is -1.33. The minimum absolute atomic E-state index is 0.0316. The maximum absolute atomic E-state index is 12.4. The lowest BCUT2D eigenvalue weighted by atomic mass is 10.1. The van der Waals surface area contributed by atoms with E-state index >= 15 is 0 Å². The van der Waals surface area contributed by atoms with Crippen molar-refractivity contribution in [3.8, 4) is 0 Å². The van der Waals surface area contributed by atoms with E-state index in [0.29, 0.717) is 12.2 Å². The van der Waals surface area contributed by atoms with Gasteiger partial charge in [-0.25, -0.2) is 0 Å². The highest BCUT2D eigenvalue weighted by Gasteiger charge is 2.39. The summed E-state index contributed by atoms with van der Waals surface area (Å²) in [6, 6.07) is 6.56. The highest BCUT2D eigenvalue weighted by molar-refractivity contribution is 6.04. The molecule has 0 radical (unpaired) electrons. The third-order valence-electron chi connectivity index (χ3n) is 3.76. The van der Waals surface area contributed by atoms with Crippen LogP contribution in [0, 0.1) is 5.92 Å². The molecule has 6 heteroatoms. The average Bonchev–Trinajstić information content (AvgIpc) is 2.81. The van der Waals surface area contributed by atoms with Crippen molar-refractivity contribution in [2.75, 3.05) is 11.9 Å². The van der Waals surface area contributed by atoms with Gasteiger partial charge in [0.05, 0.1) is 17.2 Å². The Hall–Kier alpha value is -2.37. The zero-order valence-corrected chi connectivity index (χ0v) is 13.1. The molecule has 0 aromatic heterocycles. The zero-order chi connectivity index (χ0) is 16.5. The molecule has 3 amide bonds. The number of benzene rings is 1. The summed E-state index contributed by atoms with van der Waals surface area (Å²) in [7, 11) is 0. The first-order chi connectivity index (χ1) is 10.2. The predicted octanol–water partition coefficient (Wildman–Crippen LogP) is 1.37. The van der Waals surface area contributed by atoms with E-state index in [4.69, 9.17) is 5.73 Å². The first kappa shape index (κ1) is 16.0. The minimum atomic E-state index is -0.602. The van der Waals surface area contributed by atoms with Gasteiger partial charge in [0.15, 0.2) is 0 Å². The summed E-state index contributed by atoms with van der Waals surface area (Å²) in [5.41, 5.74) is 5.62. The number of primary amides is 1. The second kappa shape index (κ2) is 5.79. The van der Waals surface area contributed by atoms with Crippen LogP contribution in [0.2, 0.25) is 0 Å². The summed E-state index contributed by atoms with van der Waals surface area (Å²) in [6.07, 6.45) is 0.182. The van der Waals surface area contributed by atoms with Gasteiger partial charge in [0.1, 0.15) is 0 Å². The fraction of sp³-hybridized carbons (Fsp3) is 0.438. The Labute approximate surface area is 129 Å². The number of anilines is 1. The molecule has 0 saturated carbocycles. The molecule has 1 aromatic carbocycles. The molecular weight excluding hydrogens is 282 g/mol. The van der Waals surface area contributed by atoms with Crippen LogP contribution in [0.1, 0.15) is 37.6 Å². The van der Waals surface area contributed by atoms with Crippen LogP contribution in [0.15, 0.2) is 24.3 Å². The highest BCUT2D eigenvalue weighted by atomic mass is 16.2. The van der Waals surface area contributed by atoms with Crippen molar-refractivity contribution >= 4 is 23.4 Å². The fourth-order valence-corrected chi connectivity index (χ4v) is 2.57. The Balaban J connectivity index is 2.12. The van der Waals surface area contributed by atoms with Crippen LogP contribution in [-0.2, 0) is 9.59 Å². The third-order valence-corrected chi connectivity index (χ3v) is 3.76. The van der Waals surface area contributed by atoms with Crippen LogP contribution in [-0.4, -0.2) is 34.7 Å². The average molecular weight is 303 g/mol. The quantitative estimate of drug-likeness (QED) is 0.883. The smallest absolute Gasteiger partial charge is 0.250 e. The molecule has 1 atom stereocenters. The number of carbonyl (C=O) groups is 3. The monoisotopic (exact) mass is 303 g/mol. The van der Waals surface area contributed by atoms with Gasteiger partial charge in [-0.15, -0.1) is 0 Å². The topological polar surface area (TPSA) is 92.5 Å². The number of amides is 3. The SMILES string of the molecule is CC(C)(C)N1C[C@@H](C(=O)Nc2ccccc2C(N)=O)CC1=O. The number of para-hydroxylation sites is 1. The standard InChI is InChI=1S/C16H21N3O3/c1-16(2,3)19-9-10(8-13(19)20)15(22)18-12-7-5-4-6-11(12)14(17)21/h4-7,10H,8-9H2,1-3H3,(H2,17,21)(H,18,22)/t10-/m0/s1. The van der Waals surface area contributed by atoms with E-state index in [1.54, 1.807) is 29.2 Å². The lowest BCUT2D eigenvalue weighted by Crippen LogP contribution is -2.42. The molecule has 0 unspecified atom stereocenters. The van der Waals surface area contributed by atoms with Crippen LogP contribution in [0.5, 0.6) is 0 Å². The Morgan fingerprint density at radius 2 is 1.91 bits per heavy atom. The van der Waals surface area contributed by atoms with Crippen molar-refractivity contribution in [3.05, 3.63) is 29.8 Å². The van der Waals surface area contributed by atoms with E-state index in [1.807, 2.05) is 20.8 Å². The number of nitrogens with zero attached hydrogens (tertiary/aromatic N) is 1. The molecule has 6 nitrogen and oxygen atoms in total. The second-order valence-corrected chi connectivity index (χ2v) is 6.48. The van der Waals surface area contributed by atoms with Crippen molar-refractivity contribution in [3.63, 3.8) is 0 Å². The molecule has 1 aromatic rings. The van der Waals surface area contributed by atoms with Crippen molar-refractivity contribution in [2.45, 2.75) is 32.7 Å². The molecule has 0 spiro atoms. The van der Waals surface area contributed by atoms with E-state index in [2.05, 4.69) is 5.32 Å². The van der Waals surface area contributed by atoms with Gasteiger partial charge in [-0.1, -0.05) is 12.1 Å². The first-order valence-corrected chi connectivity index (χ1v) is 7.20. The molecule has 1 heterocycles. The van der Waals surface area contributed by atoms with Gasteiger partial charge in [-0.05, 0) is 32.9 Å². The molecule has 22 heavy (non-hydrogen) atoms. The van der Waals surface area contributed by atoms with Crippen molar-refractivity contribution in [2.24, 2.45) is 11.7 Å². The molecule has 118 valence electrons. The van der Waals surface area contributed by atoms with E-state index in [1.165, 1.54) is 0 Å². The number of carbonyl (C=O) groups excluding carboxylic acids is 3. The number of nitrogens with two attached hydrogens (primary N) is 1. The highest BCUT2D eigenvalue weighted by Crippen LogP contribution is 2.27. The minimum Gasteiger partial charge on any atom is -0.366 e. The molecule has 1 saturated heterocycles. The van der Waals surface area contributed by atoms with Crippen LogP contribution < -0.4 is 11.1 Å². The Morgan fingerprint density at radius 3 is 2.45 bits per heavy atom. The van der Waals surface area contributed by atoms with E-state index in [-0.39, 0.29) is 29.3 Å². The van der Waals surface area contributed by atoms with Gasteiger partial charge < -0.3 is 16.0 Å². The fourth-order valence-electron chi connectivity index (χ4n) is 2.57. The number of hydrogen-bond acceptors (Lipinski definition) is 3. The van der Waals surface area contributed by atoms with E-state index in [9.17, 15) is 14.4 Å². The van der Waals surface area contributed by atoms with E-state index < -0.39 is 11.8 Å². The van der Waals surface area contributed by atoms with Crippen LogP contribution >= 0.6 is 0 Å². The number of rotatable bonds is 3. The Morgan fingerprint density at radius 1 is 1.27 bits per heavy atom. The van der Waals surface area contributed by atoms with Crippen LogP contribution in [0.3, 0.4) is 0 Å². The van der Waals surface area contributed by atoms with Crippen LogP contribution in [0.4, 0.5) is 5.69 Å². The Kier molecular flexibility index (Phi) is 4.21. The van der Waals surface area contributed by atoms with Gasteiger partial charge in [0.2, 0.25) is 11.8 Å². The summed E-state index contributed by atoms with van der Waals surface area (Å²) < 4.78 is 0. The Bertz CT molecular complexity index is 619. The molecule has 2 rings (SSSR count). The van der Waals surface area contributed by atoms with E-state index in [0.717, 1.165) is 0 Å². The van der Waals surface area contributed by atoms with Crippen molar-refractivity contribution in [1.82, 2.24) is 4.90 Å². The molecule has 1 fully saturated rings. The van der Waals surface area contributed by atoms with Crippen LogP contribution in [0.25, 0.3) is 0 Å². The molecule has 0 aliphatic carbocycles. The normalized spacial score (nSPS) is 18.4. The second-order valence-electron chi connectivity index (χ2n) is 6.48. The molecular formula is C16H21N3O3. The lowest BCUT2D eigenvalue weighted by Gasteiger charge is -2.31.